The first-order valence-electron chi connectivity index (χ1n) is 6.65. The average Bonchev–Trinajstić information content (AvgIpc) is 2.47. The molecule has 1 atom stereocenters. The van der Waals surface area contributed by atoms with Crippen molar-refractivity contribution in [3.05, 3.63) is 65.2 Å². The van der Waals surface area contributed by atoms with Gasteiger partial charge in [0.15, 0.2) is 0 Å². The first kappa shape index (κ1) is 15.4. The van der Waals surface area contributed by atoms with Gasteiger partial charge >= 0.3 is 6.03 Å². The first-order chi connectivity index (χ1) is 10.2. The molecule has 2 rings (SSSR count). The maximum atomic E-state index is 11.9. The summed E-state index contributed by atoms with van der Waals surface area (Å²) in [6.07, 6.45) is 0.570. The summed E-state index contributed by atoms with van der Waals surface area (Å²) in [7, 11) is 0. The van der Waals surface area contributed by atoms with Gasteiger partial charge in [0.25, 0.3) is 0 Å². The van der Waals surface area contributed by atoms with E-state index in [1.807, 2.05) is 30.3 Å². The highest BCUT2D eigenvalue weighted by Crippen LogP contribution is 2.14. The molecule has 4 nitrogen and oxygen atoms in total. The molecule has 110 valence electrons. The molecule has 0 bridgehead atoms. The number of hydrogen-bond donors (Lipinski definition) is 3. The highest BCUT2D eigenvalue weighted by molar-refractivity contribution is 6.30. The van der Waals surface area contributed by atoms with Crippen LogP contribution in [0, 0.1) is 0 Å². The molecule has 3 N–H and O–H groups in total. The van der Waals surface area contributed by atoms with Gasteiger partial charge < -0.3 is 15.7 Å². The van der Waals surface area contributed by atoms with Gasteiger partial charge in [0, 0.05) is 10.7 Å². The molecular weight excluding hydrogens is 288 g/mol. The molecule has 0 spiro atoms. The fourth-order valence-corrected chi connectivity index (χ4v) is 2.17. The molecule has 0 saturated carbocycles. The van der Waals surface area contributed by atoms with Crippen molar-refractivity contribution in [1.29, 1.82) is 0 Å². The molecule has 0 fully saturated rings. The molecule has 21 heavy (non-hydrogen) atoms. The number of urea groups is 1. The largest absolute Gasteiger partial charge is 0.394 e. The Kier molecular flexibility index (Phi) is 5.60. The second-order valence-electron chi connectivity index (χ2n) is 4.68. The third-order valence-corrected chi connectivity index (χ3v) is 3.20. The van der Waals surface area contributed by atoms with Gasteiger partial charge in [0.05, 0.1) is 12.6 Å². The minimum absolute atomic E-state index is 0.127. The number of amides is 2. The molecule has 5 heteroatoms. The van der Waals surface area contributed by atoms with Crippen molar-refractivity contribution >= 4 is 23.3 Å². The molecule has 0 aromatic heterocycles. The van der Waals surface area contributed by atoms with E-state index < -0.39 is 0 Å². The summed E-state index contributed by atoms with van der Waals surface area (Å²) < 4.78 is 0. The summed E-state index contributed by atoms with van der Waals surface area (Å²) in [5, 5.41) is 15.4. The minimum Gasteiger partial charge on any atom is -0.394 e. The van der Waals surface area contributed by atoms with Crippen LogP contribution >= 0.6 is 11.6 Å². The Morgan fingerprint density at radius 2 is 1.90 bits per heavy atom. The van der Waals surface area contributed by atoms with Gasteiger partial charge in [-0.25, -0.2) is 4.79 Å². The lowest BCUT2D eigenvalue weighted by atomic mass is 10.1. The number of aliphatic hydroxyl groups is 1. The Morgan fingerprint density at radius 3 is 2.57 bits per heavy atom. The van der Waals surface area contributed by atoms with Gasteiger partial charge in [-0.15, -0.1) is 0 Å². The highest BCUT2D eigenvalue weighted by Gasteiger charge is 2.12. The molecule has 0 radical (unpaired) electrons. The molecule has 2 aromatic carbocycles. The van der Waals surface area contributed by atoms with Gasteiger partial charge in [0.1, 0.15) is 0 Å². The first-order valence-corrected chi connectivity index (χ1v) is 7.03. The predicted molar refractivity (Wildman–Crippen MR) is 84.6 cm³/mol. The Bertz CT molecular complexity index is 590. The van der Waals surface area contributed by atoms with Crippen LogP contribution in [0.15, 0.2) is 54.6 Å². The van der Waals surface area contributed by atoms with E-state index >= 15 is 0 Å². The van der Waals surface area contributed by atoms with Crippen LogP contribution in [0.5, 0.6) is 0 Å². The van der Waals surface area contributed by atoms with E-state index in [-0.39, 0.29) is 18.7 Å². The van der Waals surface area contributed by atoms with Gasteiger partial charge in [-0.1, -0.05) is 48.0 Å². The summed E-state index contributed by atoms with van der Waals surface area (Å²) in [4.78, 5) is 11.9. The quantitative estimate of drug-likeness (QED) is 0.795. The van der Waals surface area contributed by atoms with Crippen LogP contribution in [0.1, 0.15) is 5.56 Å². The van der Waals surface area contributed by atoms with E-state index in [1.165, 1.54) is 0 Å². The average molecular weight is 305 g/mol. The standard InChI is InChI=1S/C16H17ClN2O2/c17-13-7-4-8-14(10-13)18-16(21)19-15(11-20)9-12-5-2-1-3-6-12/h1-8,10,15,20H,9,11H2,(H2,18,19,21). The zero-order valence-corrected chi connectivity index (χ0v) is 12.2. The topological polar surface area (TPSA) is 61.4 Å². The van der Waals surface area contributed by atoms with Crippen LogP contribution in [-0.2, 0) is 6.42 Å². The summed E-state index contributed by atoms with van der Waals surface area (Å²) in [5.41, 5.74) is 1.66. The fraction of sp³-hybridized carbons (Fsp3) is 0.188. The third kappa shape index (κ3) is 5.10. The number of halogens is 1. The monoisotopic (exact) mass is 304 g/mol. The van der Waals surface area contributed by atoms with Crippen LogP contribution in [0.25, 0.3) is 0 Å². The van der Waals surface area contributed by atoms with Crippen LogP contribution < -0.4 is 10.6 Å². The molecule has 0 aliphatic heterocycles. The highest BCUT2D eigenvalue weighted by atomic mass is 35.5. The molecular formula is C16H17ClN2O2. The molecule has 1 unspecified atom stereocenters. The number of anilines is 1. The van der Waals surface area contributed by atoms with Gasteiger partial charge in [-0.2, -0.15) is 0 Å². The molecule has 0 aliphatic carbocycles. The second kappa shape index (κ2) is 7.67. The number of carbonyl (C=O) groups is 1. The second-order valence-corrected chi connectivity index (χ2v) is 5.11. The number of rotatable bonds is 5. The number of hydrogen-bond acceptors (Lipinski definition) is 2. The summed E-state index contributed by atoms with van der Waals surface area (Å²) in [6.45, 7) is -0.127. The molecule has 0 aliphatic rings. The lowest BCUT2D eigenvalue weighted by Crippen LogP contribution is -2.41. The lowest BCUT2D eigenvalue weighted by Gasteiger charge is -2.17. The number of nitrogens with one attached hydrogen (secondary N) is 2. The van der Waals surface area contributed by atoms with Crippen molar-refractivity contribution in [2.75, 3.05) is 11.9 Å². The van der Waals surface area contributed by atoms with E-state index in [0.717, 1.165) is 5.56 Å². The Balaban J connectivity index is 1.90. The SMILES string of the molecule is O=C(Nc1cccc(Cl)c1)NC(CO)Cc1ccccc1. The molecule has 0 saturated heterocycles. The minimum atomic E-state index is -0.368. The summed E-state index contributed by atoms with van der Waals surface area (Å²) >= 11 is 5.86. The smallest absolute Gasteiger partial charge is 0.319 e. The normalized spacial score (nSPS) is 11.7. The van der Waals surface area contributed by atoms with Crippen LogP contribution in [0.2, 0.25) is 5.02 Å². The van der Waals surface area contributed by atoms with Crippen LogP contribution in [0.4, 0.5) is 10.5 Å². The van der Waals surface area contributed by atoms with Crippen molar-refractivity contribution in [3.63, 3.8) is 0 Å². The van der Waals surface area contributed by atoms with E-state index in [2.05, 4.69) is 10.6 Å². The lowest BCUT2D eigenvalue weighted by molar-refractivity contribution is 0.224. The van der Waals surface area contributed by atoms with Crippen molar-refractivity contribution in [2.24, 2.45) is 0 Å². The maximum Gasteiger partial charge on any atom is 0.319 e. The zero-order chi connectivity index (χ0) is 15.1. The van der Waals surface area contributed by atoms with Crippen molar-refractivity contribution in [1.82, 2.24) is 5.32 Å². The zero-order valence-electron chi connectivity index (χ0n) is 11.4. The molecule has 2 amide bonds. The van der Waals surface area contributed by atoms with E-state index in [0.29, 0.717) is 17.1 Å². The number of benzene rings is 2. The number of aliphatic hydroxyl groups excluding tert-OH is 1. The third-order valence-electron chi connectivity index (χ3n) is 2.96. The van der Waals surface area contributed by atoms with Crippen molar-refractivity contribution < 1.29 is 9.90 Å². The Morgan fingerprint density at radius 1 is 1.14 bits per heavy atom. The van der Waals surface area contributed by atoms with Crippen LogP contribution in [0.3, 0.4) is 0 Å². The molecule has 0 heterocycles. The van der Waals surface area contributed by atoms with Gasteiger partial charge in [-0.3, -0.25) is 0 Å². The van der Waals surface area contributed by atoms with Gasteiger partial charge in [-0.05, 0) is 30.2 Å². The predicted octanol–water partition coefficient (Wildman–Crippen LogP) is 3.07. The van der Waals surface area contributed by atoms with Crippen LogP contribution in [-0.4, -0.2) is 23.8 Å². The van der Waals surface area contributed by atoms with E-state index in [9.17, 15) is 9.90 Å². The Hall–Kier alpha value is -2.04. The fourth-order valence-electron chi connectivity index (χ4n) is 1.98. The van der Waals surface area contributed by atoms with Crippen molar-refractivity contribution in [3.8, 4) is 0 Å². The Labute approximate surface area is 128 Å². The van der Waals surface area contributed by atoms with Crippen molar-refractivity contribution in [2.45, 2.75) is 12.5 Å². The summed E-state index contributed by atoms with van der Waals surface area (Å²) in [5.74, 6) is 0. The van der Waals surface area contributed by atoms with Gasteiger partial charge in [0.2, 0.25) is 0 Å². The molecule has 2 aromatic rings. The van der Waals surface area contributed by atoms with E-state index in [1.54, 1.807) is 24.3 Å². The maximum absolute atomic E-state index is 11.9. The van der Waals surface area contributed by atoms with E-state index in [4.69, 9.17) is 11.6 Å². The number of carbonyl (C=O) groups excluding carboxylic acids is 1. The summed E-state index contributed by atoms with van der Waals surface area (Å²) in [6, 6.07) is 15.9.